The summed E-state index contributed by atoms with van der Waals surface area (Å²) < 4.78 is 5.17. The van der Waals surface area contributed by atoms with Gasteiger partial charge in [0.15, 0.2) is 5.76 Å². The van der Waals surface area contributed by atoms with Crippen LogP contribution in [-0.2, 0) is 4.79 Å². The highest BCUT2D eigenvalue weighted by Gasteiger charge is 2.35. The molecular formula is C19H24N4O3. The number of carbonyl (C=O) groups excluding carboxylic acids is 2. The van der Waals surface area contributed by atoms with Crippen LogP contribution in [0.1, 0.15) is 37.2 Å². The second kappa shape index (κ2) is 8.03. The molecular weight excluding hydrogens is 332 g/mol. The lowest BCUT2D eigenvalue weighted by Gasteiger charge is -2.23. The third kappa shape index (κ3) is 3.71. The quantitative estimate of drug-likeness (QED) is 0.861. The molecule has 138 valence electrons. The highest BCUT2D eigenvalue weighted by molar-refractivity contribution is 6.00. The average molecular weight is 356 g/mol. The van der Waals surface area contributed by atoms with Crippen LogP contribution in [0.3, 0.4) is 0 Å². The van der Waals surface area contributed by atoms with Crippen molar-refractivity contribution in [2.24, 2.45) is 0 Å². The number of furan rings is 1. The highest BCUT2D eigenvalue weighted by Crippen LogP contribution is 2.22. The van der Waals surface area contributed by atoms with Crippen LogP contribution in [0.4, 0.5) is 11.5 Å². The topological polar surface area (TPSA) is 78.7 Å². The number of hydrogen-bond donors (Lipinski definition) is 1. The molecule has 3 heterocycles. The van der Waals surface area contributed by atoms with Crippen LogP contribution in [0, 0.1) is 0 Å². The summed E-state index contributed by atoms with van der Waals surface area (Å²) in [5.74, 6) is 0.695. The maximum atomic E-state index is 12.7. The lowest BCUT2D eigenvalue weighted by molar-refractivity contribution is -0.119. The molecule has 1 atom stereocenters. The zero-order chi connectivity index (χ0) is 18.5. The Hall–Kier alpha value is -2.83. The maximum Gasteiger partial charge on any atom is 0.290 e. The number of nitrogens with one attached hydrogen (secondary N) is 1. The molecule has 1 aliphatic heterocycles. The number of carbonyl (C=O) groups is 2. The number of rotatable bonds is 6. The molecule has 1 unspecified atom stereocenters. The summed E-state index contributed by atoms with van der Waals surface area (Å²) in [4.78, 5) is 33.3. The van der Waals surface area contributed by atoms with E-state index in [4.69, 9.17) is 4.42 Å². The highest BCUT2D eigenvalue weighted by atomic mass is 16.3. The van der Waals surface area contributed by atoms with E-state index in [0.717, 1.165) is 25.3 Å². The van der Waals surface area contributed by atoms with E-state index in [9.17, 15) is 9.59 Å². The van der Waals surface area contributed by atoms with Gasteiger partial charge >= 0.3 is 0 Å². The molecule has 2 aromatic heterocycles. The van der Waals surface area contributed by atoms with E-state index in [1.807, 2.05) is 12.1 Å². The van der Waals surface area contributed by atoms with Gasteiger partial charge < -0.3 is 19.5 Å². The lowest BCUT2D eigenvalue weighted by atomic mass is 10.2. The molecule has 3 rings (SSSR count). The first-order valence-electron chi connectivity index (χ1n) is 9.00. The largest absolute Gasteiger partial charge is 0.459 e. The van der Waals surface area contributed by atoms with Crippen molar-refractivity contribution in [3.05, 3.63) is 42.5 Å². The number of amides is 2. The third-order valence-corrected chi connectivity index (χ3v) is 4.65. The molecule has 7 heteroatoms. The van der Waals surface area contributed by atoms with Gasteiger partial charge in [-0.25, -0.2) is 4.98 Å². The number of aromatic nitrogens is 1. The molecule has 0 spiro atoms. The SMILES string of the molecule is CCN(CC)c1ccc(NC(=O)C2CCCN2C(=O)c2ccco2)cn1. The van der Waals surface area contributed by atoms with Crippen molar-refractivity contribution in [1.82, 2.24) is 9.88 Å². The molecule has 1 N–H and O–H groups in total. The van der Waals surface area contributed by atoms with Gasteiger partial charge in [-0.3, -0.25) is 9.59 Å². The van der Waals surface area contributed by atoms with E-state index >= 15 is 0 Å². The minimum absolute atomic E-state index is 0.195. The molecule has 0 radical (unpaired) electrons. The summed E-state index contributed by atoms with van der Waals surface area (Å²) >= 11 is 0. The third-order valence-electron chi connectivity index (χ3n) is 4.65. The van der Waals surface area contributed by atoms with E-state index in [0.29, 0.717) is 18.7 Å². The van der Waals surface area contributed by atoms with Crippen LogP contribution in [0.15, 0.2) is 41.1 Å². The molecule has 0 aliphatic carbocycles. The predicted octanol–water partition coefficient (Wildman–Crippen LogP) is 2.76. The Bertz CT molecular complexity index is 739. The lowest BCUT2D eigenvalue weighted by Crippen LogP contribution is -2.43. The van der Waals surface area contributed by atoms with Gasteiger partial charge in [-0.2, -0.15) is 0 Å². The van der Waals surface area contributed by atoms with Crippen LogP contribution < -0.4 is 10.2 Å². The molecule has 1 fully saturated rings. The number of hydrogen-bond acceptors (Lipinski definition) is 5. The molecule has 2 amide bonds. The van der Waals surface area contributed by atoms with Crippen molar-refractivity contribution in [3.63, 3.8) is 0 Å². The molecule has 2 aromatic rings. The van der Waals surface area contributed by atoms with Gasteiger partial charge in [0.1, 0.15) is 11.9 Å². The van der Waals surface area contributed by atoms with Gasteiger partial charge in [0.2, 0.25) is 5.91 Å². The molecule has 0 aromatic carbocycles. The zero-order valence-corrected chi connectivity index (χ0v) is 15.1. The number of anilines is 2. The van der Waals surface area contributed by atoms with Gasteiger partial charge in [0.05, 0.1) is 18.1 Å². The van der Waals surface area contributed by atoms with Gasteiger partial charge in [-0.1, -0.05) is 0 Å². The molecule has 7 nitrogen and oxygen atoms in total. The van der Waals surface area contributed by atoms with Crippen molar-refractivity contribution in [2.45, 2.75) is 32.7 Å². The van der Waals surface area contributed by atoms with Crippen molar-refractivity contribution in [3.8, 4) is 0 Å². The van der Waals surface area contributed by atoms with E-state index in [2.05, 4.69) is 29.0 Å². The Labute approximate surface area is 153 Å². The van der Waals surface area contributed by atoms with Crippen LogP contribution >= 0.6 is 0 Å². The van der Waals surface area contributed by atoms with Crippen LogP contribution in [0.5, 0.6) is 0 Å². The Morgan fingerprint density at radius 1 is 1.31 bits per heavy atom. The minimum Gasteiger partial charge on any atom is -0.459 e. The first-order chi connectivity index (χ1) is 12.6. The van der Waals surface area contributed by atoms with Crippen LogP contribution in [-0.4, -0.2) is 47.4 Å². The van der Waals surface area contributed by atoms with E-state index in [1.54, 1.807) is 23.2 Å². The van der Waals surface area contributed by atoms with Crippen molar-refractivity contribution in [1.29, 1.82) is 0 Å². The fourth-order valence-electron chi connectivity index (χ4n) is 3.24. The number of nitrogens with zero attached hydrogens (tertiary/aromatic N) is 3. The van der Waals surface area contributed by atoms with Gasteiger partial charge in [-0.15, -0.1) is 0 Å². The van der Waals surface area contributed by atoms with Gasteiger partial charge in [0.25, 0.3) is 5.91 Å². The first-order valence-corrected chi connectivity index (χ1v) is 9.00. The summed E-state index contributed by atoms with van der Waals surface area (Å²) in [5.41, 5.74) is 0.628. The standard InChI is InChI=1S/C19H24N4O3/c1-3-22(4-2)17-10-9-14(13-20-17)21-18(24)15-7-5-11-23(15)19(25)16-8-6-12-26-16/h6,8-10,12-13,15H,3-5,7,11H2,1-2H3,(H,21,24). The molecule has 26 heavy (non-hydrogen) atoms. The van der Waals surface area contributed by atoms with E-state index in [1.165, 1.54) is 6.26 Å². The Morgan fingerprint density at radius 3 is 2.73 bits per heavy atom. The predicted molar refractivity (Wildman–Crippen MR) is 99.2 cm³/mol. The van der Waals surface area contributed by atoms with Gasteiger partial charge in [0, 0.05) is 19.6 Å². The average Bonchev–Trinajstić information content (AvgIpc) is 3.35. The zero-order valence-electron chi connectivity index (χ0n) is 15.1. The van der Waals surface area contributed by atoms with Crippen LogP contribution in [0.25, 0.3) is 0 Å². The minimum atomic E-state index is -0.491. The maximum absolute atomic E-state index is 12.7. The fraction of sp³-hybridized carbons (Fsp3) is 0.421. The monoisotopic (exact) mass is 356 g/mol. The first kappa shape index (κ1) is 18.0. The van der Waals surface area contributed by atoms with E-state index < -0.39 is 6.04 Å². The smallest absolute Gasteiger partial charge is 0.290 e. The van der Waals surface area contributed by atoms with Crippen molar-refractivity contribution in [2.75, 3.05) is 29.9 Å². The second-order valence-corrected chi connectivity index (χ2v) is 6.20. The van der Waals surface area contributed by atoms with Gasteiger partial charge in [-0.05, 0) is 51.0 Å². The normalized spacial score (nSPS) is 16.5. The Kier molecular flexibility index (Phi) is 5.55. The molecule has 0 bridgehead atoms. The number of likely N-dealkylation sites (tertiary alicyclic amines) is 1. The summed E-state index contributed by atoms with van der Waals surface area (Å²) in [6.45, 7) is 6.45. The summed E-state index contributed by atoms with van der Waals surface area (Å²) in [7, 11) is 0. The second-order valence-electron chi connectivity index (χ2n) is 6.20. The Morgan fingerprint density at radius 2 is 2.12 bits per heavy atom. The van der Waals surface area contributed by atoms with E-state index in [-0.39, 0.29) is 17.6 Å². The molecule has 1 saturated heterocycles. The van der Waals surface area contributed by atoms with Crippen LogP contribution in [0.2, 0.25) is 0 Å². The molecule has 0 saturated carbocycles. The number of pyridine rings is 1. The summed E-state index contributed by atoms with van der Waals surface area (Å²) in [6, 6.07) is 6.53. The summed E-state index contributed by atoms with van der Waals surface area (Å²) in [6.07, 6.45) is 4.55. The summed E-state index contributed by atoms with van der Waals surface area (Å²) in [5, 5.41) is 2.87. The fourth-order valence-corrected chi connectivity index (χ4v) is 3.24. The Balaban J connectivity index is 1.66. The molecule has 1 aliphatic rings. The van der Waals surface area contributed by atoms with Crippen molar-refractivity contribution < 1.29 is 14.0 Å². The van der Waals surface area contributed by atoms with Crippen molar-refractivity contribution >= 4 is 23.3 Å².